The molecule has 0 bridgehead atoms. The van der Waals surface area contributed by atoms with Gasteiger partial charge in [-0.1, -0.05) is 60.7 Å². The Morgan fingerprint density at radius 2 is 1.30 bits per heavy atom. The van der Waals surface area contributed by atoms with Crippen molar-refractivity contribution < 1.29 is 18.1 Å². The minimum absolute atomic E-state index is 0.196. The van der Waals surface area contributed by atoms with Crippen molar-refractivity contribution in [1.29, 1.82) is 0 Å². The predicted octanol–water partition coefficient (Wildman–Crippen LogP) is 3.93. The Morgan fingerprint density at radius 1 is 0.815 bits per heavy atom. The third-order valence-corrected chi connectivity index (χ3v) is 6.18. The molecule has 0 amide bonds. The Morgan fingerprint density at radius 3 is 1.78 bits per heavy atom. The van der Waals surface area contributed by atoms with Gasteiger partial charge >= 0.3 is 0 Å². The van der Waals surface area contributed by atoms with Crippen LogP contribution >= 0.6 is 0 Å². The van der Waals surface area contributed by atoms with Crippen molar-refractivity contribution in [1.82, 2.24) is 0 Å². The highest BCUT2D eigenvalue weighted by atomic mass is 32.2. The van der Waals surface area contributed by atoms with Gasteiger partial charge in [-0.15, -0.1) is 0 Å². The zero-order valence-corrected chi connectivity index (χ0v) is 16.6. The summed E-state index contributed by atoms with van der Waals surface area (Å²) in [5.74, 6) is 0.972. The van der Waals surface area contributed by atoms with Gasteiger partial charge in [-0.2, -0.15) is 0 Å². The molecule has 3 aromatic carbocycles. The van der Waals surface area contributed by atoms with Gasteiger partial charge in [0.05, 0.1) is 15.9 Å². The van der Waals surface area contributed by atoms with E-state index in [2.05, 4.69) is 30.5 Å². The summed E-state index contributed by atoms with van der Waals surface area (Å²) in [6, 6.07) is 26.4. The van der Waals surface area contributed by atoms with Crippen LogP contribution in [0.25, 0.3) is 0 Å². The normalized spacial score (nSPS) is 11.9. The molecule has 0 aliphatic rings. The maximum absolute atomic E-state index is 10.2. The Kier molecular flexibility index (Phi) is 7.91. The Labute approximate surface area is 163 Å². The molecule has 0 fully saturated rings. The van der Waals surface area contributed by atoms with E-state index >= 15 is 0 Å². The fourth-order valence-corrected chi connectivity index (χ4v) is 4.42. The highest BCUT2D eigenvalue weighted by Crippen LogP contribution is 2.19. The van der Waals surface area contributed by atoms with Gasteiger partial charge < -0.3 is 9.66 Å². The van der Waals surface area contributed by atoms with Crippen molar-refractivity contribution in [2.75, 3.05) is 6.26 Å². The van der Waals surface area contributed by atoms with E-state index in [1.807, 2.05) is 18.2 Å². The number of aromatic hydroxyl groups is 1. The molecule has 0 radical (unpaired) electrons. The minimum atomic E-state index is -4.13. The first-order valence-electron chi connectivity index (χ1n) is 8.26. The molecule has 0 aliphatic heterocycles. The molecule has 1 unspecified atom stereocenters. The summed E-state index contributed by atoms with van der Waals surface area (Å²) in [5, 5.41) is 9.23. The van der Waals surface area contributed by atoms with Gasteiger partial charge in [0, 0.05) is 16.5 Å². The Bertz CT molecular complexity index is 909. The molecule has 6 heteroatoms. The SMILES string of the molecule is C[S+](Cc1ccccc1)c1ccc(O)cc1.O=S(=O)([O-])Cc1ccccc1. The number of phenolic OH excluding ortho intramolecular Hbond substituents is 1. The van der Waals surface area contributed by atoms with Crippen LogP contribution in [0.5, 0.6) is 5.75 Å². The van der Waals surface area contributed by atoms with Gasteiger partial charge in [-0.05, 0) is 29.8 Å². The van der Waals surface area contributed by atoms with E-state index in [4.69, 9.17) is 0 Å². The van der Waals surface area contributed by atoms with Crippen molar-refractivity contribution in [2.24, 2.45) is 0 Å². The van der Waals surface area contributed by atoms with Crippen LogP contribution in [-0.2, 0) is 32.5 Å². The lowest BCUT2D eigenvalue weighted by atomic mass is 10.2. The Hall–Kier alpha value is -2.28. The molecule has 3 rings (SSSR count). The van der Waals surface area contributed by atoms with Crippen molar-refractivity contribution in [3.63, 3.8) is 0 Å². The average Bonchev–Trinajstić information content (AvgIpc) is 2.63. The van der Waals surface area contributed by atoms with E-state index in [0.717, 1.165) is 5.75 Å². The minimum Gasteiger partial charge on any atom is -0.748 e. The fraction of sp³-hybridized carbons (Fsp3) is 0.143. The van der Waals surface area contributed by atoms with E-state index < -0.39 is 15.9 Å². The van der Waals surface area contributed by atoms with Gasteiger partial charge in [0.1, 0.15) is 17.8 Å². The average molecular weight is 403 g/mol. The third-order valence-electron chi connectivity index (χ3n) is 3.65. The Balaban J connectivity index is 0.000000208. The van der Waals surface area contributed by atoms with Crippen molar-refractivity contribution in [2.45, 2.75) is 16.4 Å². The summed E-state index contributed by atoms with van der Waals surface area (Å²) in [7, 11) is -3.93. The first kappa shape index (κ1) is 21.0. The lowest BCUT2D eigenvalue weighted by Crippen LogP contribution is -2.03. The topological polar surface area (TPSA) is 77.4 Å². The monoisotopic (exact) mass is 402 g/mol. The molecule has 0 heterocycles. The summed E-state index contributed by atoms with van der Waals surface area (Å²) in [4.78, 5) is 1.29. The van der Waals surface area contributed by atoms with E-state index in [9.17, 15) is 18.1 Å². The maximum atomic E-state index is 10.2. The molecule has 0 saturated carbocycles. The van der Waals surface area contributed by atoms with Crippen LogP contribution in [0.3, 0.4) is 0 Å². The van der Waals surface area contributed by atoms with E-state index in [1.165, 1.54) is 10.5 Å². The largest absolute Gasteiger partial charge is 0.748 e. The van der Waals surface area contributed by atoms with Crippen LogP contribution in [0.15, 0.2) is 89.8 Å². The van der Waals surface area contributed by atoms with Gasteiger partial charge in [0.2, 0.25) is 0 Å². The predicted molar refractivity (Wildman–Crippen MR) is 110 cm³/mol. The maximum Gasteiger partial charge on any atom is 0.155 e. The van der Waals surface area contributed by atoms with Crippen molar-refractivity contribution >= 4 is 21.0 Å². The van der Waals surface area contributed by atoms with E-state index in [1.54, 1.807) is 42.5 Å². The van der Waals surface area contributed by atoms with Crippen LogP contribution in [0, 0.1) is 0 Å². The van der Waals surface area contributed by atoms with Gasteiger partial charge in [0.15, 0.2) is 4.90 Å². The quantitative estimate of drug-likeness (QED) is 0.518. The summed E-state index contributed by atoms with van der Waals surface area (Å²) in [6.45, 7) is 0. The van der Waals surface area contributed by atoms with Crippen molar-refractivity contribution in [3.8, 4) is 5.75 Å². The molecule has 142 valence electrons. The molecule has 1 atom stereocenters. The molecular weight excluding hydrogens is 380 g/mol. The molecular formula is C21H22O4S2. The van der Waals surface area contributed by atoms with E-state index in [0.29, 0.717) is 11.3 Å². The van der Waals surface area contributed by atoms with Crippen LogP contribution in [0.2, 0.25) is 0 Å². The summed E-state index contributed by atoms with van der Waals surface area (Å²) < 4.78 is 30.7. The van der Waals surface area contributed by atoms with Crippen LogP contribution < -0.4 is 0 Å². The second-order valence-corrected chi connectivity index (χ2v) is 9.39. The molecule has 3 aromatic rings. The highest BCUT2D eigenvalue weighted by Gasteiger charge is 2.15. The fourth-order valence-electron chi connectivity index (χ4n) is 2.36. The van der Waals surface area contributed by atoms with Crippen LogP contribution in [0.1, 0.15) is 11.1 Å². The number of hydrogen-bond acceptors (Lipinski definition) is 4. The van der Waals surface area contributed by atoms with Crippen LogP contribution in [0.4, 0.5) is 0 Å². The second-order valence-electron chi connectivity index (χ2n) is 5.95. The molecule has 1 N–H and O–H groups in total. The molecule has 27 heavy (non-hydrogen) atoms. The number of hydrogen-bond donors (Lipinski definition) is 1. The lowest BCUT2D eigenvalue weighted by Gasteiger charge is -2.05. The zero-order valence-electron chi connectivity index (χ0n) is 15.0. The van der Waals surface area contributed by atoms with Crippen molar-refractivity contribution in [3.05, 3.63) is 96.1 Å². The molecule has 0 aliphatic carbocycles. The number of benzene rings is 3. The molecule has 4 nitrogen and oxygen atoms in total. The number of rotatable bonds is 5. The molecule has 0 spiro atoms. The standard InChI is InChI=1S/C14H14OS.C7H8O3S/c1-16(11-12-5-3-2-4-6-12)14-9-7-13(15)8-10-14;8-11(9,10)6-7-4-2-1-3-5-7/h2-10H,11H2,1H3;1-5H,6H2,(H,8,9,10). The zero-order chi connectivity index (χ0) is 19.7. The molecule has 0 aromatic heterocycles. The highest BCUT2D eigenvalue weighted by molar-refractivity contribution is 7.95. The second kappa shape index (κ2) is 10.2. The van der Waals surface area contributed by atoms with E-state index in [-0.39, 0.29) is 10.9 Å². The third kappa shape index (κ3) is 8.30. The lowest BCUT2D eigenvalue weighted by molar-refractivity contribution is 0.462. The summed E-state index contributed by atoms with van der Waals surface area (Å²) in [6.07, 6.45) is 2.24. The first-order chi connectivity index (χ1) is 12.8. The van der Waals surface area contributed by atoms with Gasteiger partial charge in [0.25, 0.3) is 0 Å². The van der Waals surface area contributed by atoms with Gasteiger partial charge in [-0.3, -0.25) is 0 Å². The summed E-state index contributed by atoms with van der Waals surface area (Å²) >= 11 is 0. The first-order valence-corrected chi connectivity index (χ1v) is 11.6. The van der Waals surface area contributed by atoms with Gasteiger partial charge in [-0.25, -0.2) is 8.42 Å². The smallest absolute Gasteiger partial charge is 0.155 e. The number of phenols is 1. The molecule has 0 saturated heterocycles. The van der Waals surface area contributed by atoms with Crippen LogP contribution in [-0.4, -0.2) is 24.3 Å². The summed E-state index contributed by atoms with van der Waals surface area (Å²) in [5.41, 5.74) is 1.89.